The average molecular weight is 355 g/mol. The van der Waals surface area contributed by atoms with Crippen molar-refractivity contribution in [2.45, 2.75) is 0 Å². The number of thiazole rings is 1. The van der Waals surface area contributed by atoms with Crippen LogP contribution in [0, 0.1) is 11.6 Å². The van der Waals surface area contributed by atoms with E-state index < -0.39 is 5.91 Å². The Morgan fingerprint density at radius 1 is 1.00 bits per heavy atom. The summed E-state index contributed by atoms with van der Waals surface area (Å²) in [6.07, 6.45) is 1.81. The third-order valence-electron chi connectivity index (χ3n) is 3.70. The Morgan fingerprint density at radius 2 is 1.64 bits per heavy atom. The average Bonchev–Trinajstić information content (AvgIpc) is 3.19. The number of aromatic nitrogens is 2. The van der Waals surface area contributed by atoms with Gasteiger partial charge in [0.05, 0.1) is 5.69 Å². The Balaban J connectivity index is 1.77. The molecule has 4 rings (SSSR count). The van der Waals surface area contributed by atoms with Crippen LogP contribution in [0.4, 0.5) is 14.5 Å². The number of halogens is 2. The molecule has 0 saturated heterocycles. The number of benzene rings is 2. The summed E-state index contributed by atoms with van der Waals surface area (Å²) in [7, 11) is 0. The first-order valence-electron chi connectivity index (χ1n) is 7.40. The Labute approximate surface area is 145 Å². The molecular weight excluding hydrogens is 344 g/mol. The molecule has 1 amide bonds. The molecule has 4 nitrogen and oxygen atoms in total. The van der Waals surface area contributed by atoms with Gasteiger partial charge < -0.3 is 5.32 Å². The standard InChI is InChI=1S/C18H11F2N3OS/c19-12-3-1-11(2-4-12)16-15(22-18-23(16)9-10-25-18)17(24)21-14-7-5-13(20)6-8-14/h1-10H,(H,21,24). The third kappa shape index (κ3) is 2.89. The second-order valence-electron chi connectivity index (χ2n) is 5.33. The summed E-state index contributed by atoms with van der Waals surface area (Å²) in [5.41, 5.74) is 1.95. The van der Waals surface area contributed by atoms with Gasteiger partial charge in [-0.3, -0.25) is 9.20 Å². The second-order valence-corrected chi connectivity index (χ2v) is 6.21. The summed E-state index contributed by atoms with van der Waals surface area (Å²) in [5.74, 6) is -1.15. The predicted molar refractivity (Wildman–Crippen MR) is 92.8 cm³/mol. The summed E-state index contributed by atoms with van der Waals surface area (Å²) in [5, 5.41) is 4.56. The van der Waals surface area contributed by atoms with E-state index in [1.165, 1.54) is 47.7 Å². The van der Waals surface area contributed by atoms with Gasteiger partial charge in [-0.1, -0.05) is 0 Å². The van der Waals surface area contributed by atoms with Crippen LogP contribution in [0.2, 0.25) is 0 Å². The molecule has 2 aromatic heterocycles. The van der Waals surface area contributed by atoms with Crippen molar-refractivity contribution in [3.63, 3.8) is 0 Å². The lowest BCUT2D eigenvalue weighted by Gasteiger charge is -2.06. The van der Waals surface area contributed by atoms with Crippen molar-refractivity contribution in [1.82, 2.24) is 9.38 Å². The number of carbonyl (C=O) groups excluding carboxylic acids is 1. The summed E-state index contributed by atoms with van der Waals surface area (Å²) in [6, 6.07) is 11.4. The quantitative estimate of drug-likeness (QED) is 0.584. The summed E-state index contributed by atoms with van der Waals surface area (Å²) in [4.78, 5) is 17.7. The number of imidazole rings is 1. The Morgan fingerprint density at radius 3 is 2.32 bits per heavy atom. The maximum Gasteiger partial charge on any atom is 0.276 e. The van der Waals surface area contributed by atoms with Crippen LogP contribution in [0.25, 0.3) is 16.2 Å². The molecule has 0 aliphatic carbocycles. The molecule has 0 aliphatic rings. The molecule has 124 valence electrons. The Kier molecular flexibility index (Phi) is 3.77. The van der Waals surface area contributed by atoms with E-state index in [2.05, 4.69) is 10.3 Å². The highest BCUT2D eigenvalue weighted by molar-refractivity contribution is 7.15. The van der Waals surface area contributed by atoms with Crippen LogP contribution in [0.3, 0.4) is 0 Å². The monoisotopic (exact) mass is 355 g/mol. The van der Waals surface area contributed by atoms with Gasteiger partial charge in [0.15, 0.2) is 10.7 Å². The van der Waals surface area contributed by atoms with Gasteiger partial charge in [-0.2, -0.15) is 0 Å². The second kappa shape index (κ2) is 6.10. The lowest BCUT2D eigenvalue weighted by Crippen LogP contribution is -2.13. The van der Waals surface area contributed by atoms with Crippen LogP contribution in [0.1, 0.15) is 10.5 Å². The van der Waals surface area contributed by atoms with Crippen LogP contribution >= 0.6 is 11.3 Å². The molecule has 0 saturated carbocycles. The molecule has 2 aromatic carbocycles. The van der Waals surface area contributed by atoms with Crippen molar-refractivity contribution in [2.75, 3.05) is 5.32 Å². The maximum atomic E-state index is 13.2. The highest BCUT2D eigenvalue weighted by Gasteiger charge is 2.21. The largest absolute Gasteiger partial charge is 0.321 e. The van der Waals surface area contributed by atoms with E-state index in [1.807, 2.05) is 5.38 Å². The lowest BCUT2D eigenvalue weighted by atomic mass is 10.1. The van der Waals surface area contributed by atoms with Gasteiger partial charge in [0, 0.05) is 22.8 Å². The predicted octanol–water partition coefficient (Wildman–Crippen LogP) is 4.59. The molecule has 4 aromatic rings. The first-order chi connectivity index (χ1) is 12.1. The SMILES string of the molecule is O=C(Nc1ccc(F)cc1)c1nc2sccn2c1-c1ccc(F)cc1. The minimum absolute atomic E-state index is 0.225. The molecule has 0 aliphatic heterocycles. The summed E-state index contributed by atoms with van der Waals surface area (Å²) >= 11 is 1.39. The molecule has 0 spiro atoms. The molecule has 0 atom stereocenters. The van der Waals surface area contributed by atoms with Crippen molar-refractivity contribution >= 4 is 27.9 Å². The number of nitrogens with zero attached hydrogens (tertiary/aromatic N) is 2. The van der Waals surface area contributed by atoms with Crippen molar-refractivity contribution in [2.24, 2.45) is 0 Å². The van der Waals surface area contributed by atoms with Crippen molar-refractivity contribution in [3.8, 4) is 11.3 Å². The van der Waals surface area contributed by atoms with E-state index >= 15 is 0 Å². The molecular formula is C18H11F2N3OS. The number of hydrogen-bond donors (Lipinski definition) is 1. The Hall–Kier alpha value is -3.06. The fraction of sp³-hybridized carbons (Fsp3) is 0. The van der Waals surface area contributed by atoms with Crippen LogP contribution in [0.15, 0.2) is 60.1 Å². The first-order valence-corrected chi connectivity index (χ1v) is 8.28. The van der Waals surface area contributed by atoms with Gasteiger partial charge in [0.1, 0.15) is 11.6 Å². The maximum absolute atomic E-state index is 13.2. The van der Waals surface area contributed by atoms with E-state index in [0.29, 0.717) is 21.9 Å². The van der Waals surface area contributed by atoms with Crippen molar-refractivity contribution in [3.05, 3.63) is 77.4 Å². The number of anilines is 1. The summed E-state index contributed by atoms with van der Waals surface area (Å²) in [6.45, 7) is 0. The zero-order chi connectivity index (χ0) is 17.4. The van der Waals surface area contributed by atoms with Gasteiger partial charge in [-0.25, -0.2) is 13.8 Å². The number of fused-ring (bicyclic) bond motifs is 1. The topological polar surface area (TPSA) is 46.4 Å². The molecule has 0 bridgehead atoms. The van der Waals surface area contributed by atoms with E-state index in [4.69, 9.17) is 0 Å². The highest BCUT2D eigenvalue weighted by atomic mass is 32.1. The lowest BCUT2D eigenvalue weighted by molar-refractivity contribution is 0.102. The molecule has 7 heteroatoms. The normalized spacial score (nSPS) is 11.0. The Bertz CT molecular complexity index is 1050. The molecule has 1 N–H and O–H groups in total. The fourth-order valence-electron chi connectivity index (χ4n) is 2.55. The van der Waals surface area contributed by atoms with Crippen LogP contribution in [-0.2, 0) is 0 Å². The van der Waals surface area contributed by atoms with E-state index in [1.54, 1.807) is 22.7 Å². The number of hydrogen-bond acceptors (Lipinski definition) is 3. The zero-order valence-electron chi connectivity index (χ0n) is 12.7. The van der Waals surface area contributed by atoms with Gasteiger partial charge in [0.2, 0.25) is 0 Å². The van der Waals surface area contributed by atoms with Gasteiger partial charge in [-0.15, -0.1) is 11.3 Å². The van der Waals surface area contributed by atoms with Gasteiger partial charge >= 0.3 is 0 Å². The van der Waals surface area contributed by atoms with Crippen molar-refractivity contribution in [1.29, 1.82) is 0 Å². The summed E-state index contributed by atoms with van der Waals surface area (Å²) < 4.78 is 28.0. The van der Waals surface area contributed by atoms with Crippen LogP contribution in [0.5, 0.6) is 0 Å². The number of carbonyl (C=O) groups is 1. The van der Waals surface area contributed by atoms with Crippen molar-refractivity contribution < 1.29 is 13.6 Å². The molecule has 0 unspecified atom stereocenters. The number of rotatable bonds is 3. The third-order valence-corrected chi connectivity index (χ3v) is 4.45. The van der Waals surface area contributed by atoms with Gasteiger partial charge in [-0.05, 0) is 48.5 Å². The molecule has 0 radical (unpaired) electrons. The van der Waals surface area contributed by atoms with Gasteiger partial charge in [0.25, 0.3) is 5.91 Å². The first kappa shape index (κ1) is 15.5. The number of amides is 1. The van der Waals surface area contributed by atoms with E-state index in [9.17, 15) is 13.6 Å². The zero-order valence-corrected chi connectivity index (χ0v) is 13.6. The molecule has 2 heterocycles. The van der Waals surface area contributed by atoms with Crippen LogP contribution in [-0.4, -0.2) is 15.3 Å². The molecule has 25 heavy (non-hydrogen) atoms. The fourth-order valence-corrected chi connectivity index (χ4v) is 3.27. The molecule has 0 fully saturated rings. The van der Waals surface area contributed by atoms with Crippen LogP contribution < -0.4 is 5.32 Å². The minimum Gasteiger partial charge on any atom is -0.321 e. The number of nitrogens with one attached hydrogen (secondary N) is 1. The highest BCUT2D eigenvalue weighted by Crippen LogP contribution is 2.28. The van der Waals surface area contributed by atoms with E-state index in [0.717, 1.165) is 0 Å². The van der Waals surface area contributed by atoms with E-state index in [-0.39, 0.29) is 17.3 Å². The smallest absolute Gasteiger partial charge is 0.276 e. The minimum atomic E-state index is -0.415.